The highest BCUT2D eigenvalue weighted by molar-refractivity contribution is 14.2. The Kier molecular flexibility index (Phi) is 11.1. The van der Waals surface area contributed by atoms with Crippen molar-refractivity contribution in [3.63, 3.8) is 0 Å². The fraction of sp³-hybridized carbons (Fsp3) is 0.486. The van der Waals surface area contributed by atoms with Gasteiger partial charge in [-0.2, -0.15) is 9.61 Å². The molecule has 2 bridgehead atoms. The summed E-state index contributed by atoms with van der Waals surface area (Å²) in [6.07, 6.45) is 6.53. The van der Waals surface area contributed by atoms with E-state index in [-0.39, 0.29) is 35.4 Å². The number of nitrogens with zero attached hydrogens (tertiary/aromatic N) is 6. The van der Waals surface area contributed by atoms with Crippen molar-refractivity contribution in [2.75, 3.05) is 9.72 Å². The van der Waals surface area contributed by atoms with E-state index < -0.39 is 27.0 Å². The smallest absolute Gasteiger partial charge is 0.410 e. The first kappa shape index (κ1) is 38.0. The van der Waals surface area contributed by atoms with E-state index in [2.05, 4.69) is 102 Å². The first-order chi connectivity index (χ1) is 23.4. The second-order valence-electron chi connectivity index (χ2n) is 15.2. The van der Waals surface area contributed by atoms with E-state index in [1.54, 1.807) is 24.5 Å². The molecule has 2 unspecified atom stereocenters. The van der Waals surface area contributed by atoms with Gasteiger partial charge in [0.15, 0.2) is 5.65 Å². The van der Waals surface area contributed by atoms with Gasteiger partial charge in [0.2, 0.25) is 0 Å². The molecule has 1 aromatic carbocycles. The van der Waals surface area contributed by atoms with Gasteiger partial charge in [-0.3, -0.25) is 8.10 Å². The van der Waals surface area contributed by atoms with Crippen molar-refractivity contribution in [2.24, 2.45) is 0 Å². The molecule has 50 heavy (non-hydrogen) atoms. The lowest BCUT2D eigenvalue weighted by molar-refractivity contribution is 0.00569. The van der Waals surface area contributed by atoms with Crippen LogP contribution in [0.15, 0.2) is 48.8 Å². The average Bonchev–Trinajstić information content (AvgIpc) is 3.56. The summed E-state index contributed by atoms with van der Waals surface area (Å²) in [5.41, 5.74) is 2.50. The molecular weight excluding hydrogens is 999 g/mol. The lowest BCUT2D eigenvalue weighted by atomic mass is 9.88. The highest BCUT2D eigenvalue weighted by atomic mass is 127. The first-order valence-corrected chi connectivity index (χ1v) is 23.5. The number of carbonyl (C=O) groups is 1. The van der Waals surface area contributed by atoms with Crippen molar-refractivity contribution in [3.05, 3.63) is 66.1 Å². The number of pyridine rings is 1. The summed E-state index contributed by atoms with van der Waals surface area (Å²) in [6.45, 7) is 13.3. The second kappa shape index (κ2) is 14.6. The van der Waals surface area contributed by atoms with Crippen LogP contribution < -0.4 is 3.11 Å². The summed E-state index contributed by atoms with van der Waals surface area (Å²) >= 11 is 6.96. The number of piperidine rings is 1. The summed E-state index contributed by atoms with van der Waals surface area (Å²) in [4.78, 5) is 24.9. The molecular formula is C35H41F2I3N6O3Si. The van der Waals surface area contributed by atoms with Gasteiger partial charge in [-0.25, -0.2) is 18.6 Å². The van der Waals surface area contributed by atoms with Gasteiger partial charge in [0.1, 0.15) is 23.1 Å². The van der Waals surface area contributed by atoms with Crippen LogP contribution in [0.2, 0.25) is 25.7 Å². The Bertz CT molecular complexity index is 1850. The van der Waals surface area contributed by atoms with E-state index in [4.69, 9.17) is 19.6 Å². The Labute approximate surface area is 334 Å². The summed E-state index contributed by atoms with van der Waals surface area (Å²) < 4.78 is 44.5. The van der Waals surface area contributed by atoms with E-state index in [1.807, 2.05) is 30.2 Å². The van der Waals surface area contributed by atoms with Crippen LogP contribution in [0.5, 0.6) is 0 Å². The van der Waals surface area contributed by atoms with E-state index in [0.29, 0.717) is 12.3 Å². The molecule has 0 aliphatic carbocycles. The van der Waals surface area contributed by atoms with Crippen LogP contribution in [0.4, 0.5) is 19.4 Å². The van der Waals surface area contributed by atoms with Gasteiger partial charge in [0.25, 0.3) is 1.74 Å². The lowest BCUT2D eigenvalue weighted by Crippen LogP contribution is -2.48. The van der Waals surface area contributed by atoms with Gasteiger partial charge in [-0.1, -0.05) is 31.8 Å². The van der Waals surface area contributed by atoms with Crippen molar-refractivity contribution in [2.45, 2.75) is 97.5 Å². The molecule has 2 fully saturated rings. The van der Waals surface area contributed by atoms with Crippen molar-refractivity contribution in [1.82, 2.24) is 24.5 Å². The summed E-state index contributed by atoms with van der Waals surface area (Å²) in [5.74, 6) is -0.426. The summed E-state index contributed by atoms with van der Waals surface area (Å²) in [6, 6.07) is 10.5. The quantitative estimate of drug-likeness (QED) is 0.0412. The summed E-state index contributed by atoms with van der Waals surface area (Å²) in [7, 11) is -1.31. The van der Waals surface area contributed by atoms with Gasteiger partial charge < -0.3 is 14.4 Å². The molecule has 9 nitrogen and oxygen atoms in total. The largest absolute Gasteiger partial charge is 0.444 e. The first-order valence-electron chi connectivity index (χ1n) is 16.7. The number of benzene rings is 1. The zero-order valence-electron chi connectivity index (χ0n) is 28.9. The number of fused-ring (bicyclic) bond motifs is 3. The van der Waals surface area contributed by atoms with Crippen LogP contribution in [-0.4, -0.2) is 64.7 Å². The molecule has 2 saturated heterocycles. The SMILES string of the molecule is CC(C)(C)OC(=O)N1C2CCC1CC(c1cc(N(I)C(I)(I)OCC[Si](C)(C)C)n3ncc(-c4ccc(-c5c(F)cccc5F)nc4)c3n1)C2. The minimum Gasteiger partial charge on any atom is -0.444 e. The average molecular weight is 1040 g/mol. The zero-order chi connectivity index (χ0) is 36.2. The number of anilines is 1. The molecule has 2 aliphatic heterocycles. The molecule has 15 heteroatoms. The number of ether oxygens (including phenoxy) is 2. The van der Waals surface area contributed by atoms with Crippen LogP contribution in [0, 0.1) is 11.6 Å². The van der Waals surface area contributed by atoms with Crippen molar-refractivity contribution in [1.29, 1.82) is 0 Å². The standard InChI is InChI=1S/C35H41F2I3N6O3Si/c1-34(2,3)49-33(47)44-23-11-12-24(44)17-22(16-23)29-18-30(46(40)35(38,39)48-14-15-50(4,5)6)45-32(43-29)25(20-42-45)21-10-13-28(41-19-21)31-26(36)8-7-9-27(31)37/h7-10,13,18-20,22-24H,11-12,14-17H2,1-6H3. The number of halogens is 5. The number of amides is 1. The predicted molar refractivity (Wildman–Crippen MR) is 220 cm³/mol. The number of alkyl halides is 2. The van der Waals surface area contributed by atoms with Crippen LogP contribution in [0.1, 0.15) is 58.1 Å². The van der Waals surface area contributed by atoms with Crippen molar-refractivity contribution in [3.8, 4) is 22.4 Å². The number of hydrogen-bond acceptors (Lipinski definition) is 7. The highest BCUT2D eigenvalue weighted by Gasteiger charge is 2.46. The molecule has 4 aromatic rings. The van der Waals surface area contributed by atoms with Crippen LogP contribution in [0.3, 0.4) is 0 Å². The molecule has 0 radical (unpaired) electrons. The third-order valence-electron chi connectivity index (χ3n) is 9.08. The maximum absolute atomic E-state index is 14.5. The van der Waals surface area contributed by atoms with Gasteiger partial charge in [0, 0.05) is 61.8 Å². The van der Waals surface area contributed by atoms with E-state index >= 15 is 0 Å². The monoisotopic (exact) mass is 1040 g/mol. The van der Waals surface area contributed by atoms with Gasteiger partial charge in [-0.05, 0) is 116 Å². The summed E-state index contributed by atoms with van der Waals surface area (Å²) in [5, 5.41) is 4.79. The van der Waals surface area contributed by atoms with E-state index in [0.717, 1.165) is 54.4 Å². The molecule has 5 heterocycles. The van der Waals surface area contributed by atoms with Crippen molar-refractivity contribution < 1.29 is 23.0 Å². The fourth-order valence-corrected chi connectivity index (χ4v) is 8.79. The Hall–Kier alpha value is -1.71. The lowest BCUT2D eigenvalue weighted by Gasteiger charge is -2.39. The molecule has 6 rings (SSSR count). The molecule has 268 valence electrons. The molecule has 3 aromatic heterocycles. The Morgan fingerprint density at radius 1 is 1.04 bits per heavy atom. The number of aromatic nitrogens is 4. The molecule has 1 amide bonds. The number of rotatable bonds is 9. The third-order valence-corrected chi connectivity index (χ3v) is 15.4. The van der Waals surface area contributed by atoms with Gasteiger partial charge >= 0.3 is 6.09 Å². The Morgan fingerprint density at radius 3 is 2.28 bits per heavy atom. The third kappa shape index (κ3) is 8.25. The normalized spacial score (nSPS) is 19.7. The van der Waals surface area contributed by atoms with Gasteiger partial charge in [-0.15, -0.1) is 0 Å². The van der Waals surface area contributed by atoms with Crippen LogP contribution in [0.25, 0.3) is 28.0 Å². The molecule has 2 atom stereocenters. The second-order valence-corrected chi connectivity index (χ2v) is 26.8. The minimum absolute atomic E-state index is 0.0730. The van der Waals surface area contributed by atoms with E-state index in [9.17, 15) is 13.6 Å². The highest BCUT2D eigenvalue weighted by Crippen LogP contribution is 2.46. The minimum atomic E-state index is -1.31. The molecule has 0 saturated carbocycles. The maximum atomic E-state index is 14.5. The van der Waals surface area contributed by atoms with E-state index in [1.165, 1.54) is 18.2 Å². The fourth-order valence-electron chi connectivity index (χ4n) is 6.66. The molecule has 2 aliphatic rings. The zero-order valence-corrected chi connectivity index (χ0v) is 36.4. The topological polar surface area (TPSA) is 85.1 Å². The van der Waals surface area contributed by atoms with Crippen molar-refractivity contribution >= 4 is 93.7 Å². The predicted octanol–water partition coefficient (Wildman–Crippen LogP) is 10.4. The molecule has 0 N–H and O–H groups in total. The van der Waals surface area contributed by atoms with Crippen LogP contribution in [-0.2, 0) is 9.47 Å². The Balaban J connectivity index is 1.38. The number of carbonyl (C=O) groups excluding carboxylic acids is 1. The molecule has 0 spiro atoms. The number of hydrogen-bond donors (Lipinski definition) is 0. The maximum Gasteiger partial charge on any atom is 0.410 e. The van der Waals surface area contributed by atoms with Gasteiger partial charge in [0.05, 0.1) is 40.3 Å². The van der Waals surface area contributed by atoms with Crippen LogP contribution >= 0.6 is 68.0 Å². The Morgan fingerprint density at radius 2 is 1.70 bits per heavy atom.